The van der Waals surface area contributed by atoms with Gasteiger partial charge in [0.2, 0.25) is 0 Å². The SMILES string of the molecule is CCCCC(CC)COP(=O)(O)OCCC(Cl)Cl. The Labute approximate surface area is 120 Å². The minimum atomic E-state index is -3.97. The zero-order valence-corrected chi connectivity index (χ0v) is 13.4. The third-order valence-corrected chi connectivity index (χ3v) is 4.03. The molecule has 1 N–H and O–H groups in total. The van der Waals surface area contributed by atoms with E-state index in [2.05, 4.69) is 6.92 Å². The van der Waals surface area contributed by atoms with E-state index < -0.39 is 12.7 Å². The summed E-state index contributed by atoms with van der Waals surface area (Å²) in [6, 6.07) is 0. The molecule has 0 aromatic heterocycles. The number of hydrogen-bond donors (Lipinski definition) is 1. The molecule has 0 bridgehead atoms. The molecule has 0 aromatic rings. The zero-order valence-electron chi connectivity index (χ0n) is 11.0. The molecule has 0 radical (unpaired) electrons. The molecule has 7 heteroatoms. The van der Waals surface area contributed by atoms with Crippen molar-refractivity contribution in [2.45, 2.75) is 50.8 Å². The van der Waals surface area contributed by atoms with Gasteiger partial charge in [-0.25, -0.2) is 4.57 Å². The third-order valence-electron chi connectivity index (χ3n) is 2.61. The minimum absolute atomic E-state index is 0.0111. The van der Waals surface area contributed by atoms with Crippen molar-refractivity contribution in [3.63, 3.8) is 0 Å². The van der Waals surface area contributed by atoms with Gasteiger partial charge in [0.15, 0.2) is 0 Å². The van der Waals surface area contributed by atoms with Gasteiger partial charge < -0.3 is 4.89 Å². The van der Waals surface area contributed by atoms with Crippen LogP contribution in [-0.4, -0.2) is 22.9 Å². The standard InChI is InChI=1S/C11H23Cl2O4P/c1-3-5-6-10(4-2)9-17-18(14,15)16-8-7-11(12)13/h10-11H,3-9H2,1-2H3,(H,14,15). The van der Waals surface area contributed by atoms with Gasteiger partial charge in [-0.1, -0.05) is 33.1 Å². The number of phosphoric acid groups is 1. The predicted octanol–water partition coefficient (Wildman–Crippen LogP) is 4.53. The summed E-state index contributed by atoms with van der Waals surface area (Å²) in [5, 5.41) is 0. The van der Waals surface area contributed by atoms with Crippen molar-refractivity contribution in [1.82, 2.24) is 0 Å². The first-order valence-electron chi connectivity index (χ1n) is 6.31. The Kier molecular flexibility index (Phi) is 10.9. The van der Waals surface area contributed by atoms with Gasteiger partial charge in [-0.15, -0.1) is 23.2 Å². The molecular weight excluding hydrogens is 298 g/mol. The lowest BCUT2D eigenvalue weighted by molar-refractivity contribution is 0.127. The van der Waals surface area contributed by atoms with Crippen LogP contribution in [0.15, 0.2) is 0 Å². The van der Waals surface area contributed by atoms with Crippen molar-refractivity contribution < 1.29 is 18.5 Å². The number of unbranched alkanes of at least 4 members (excludes halogenated alkanes) is 1. The third kappa shape index (κ3) is 10.6. The van der Waals surface area contributed by atoms with E-state index in [4.69, 9.17) is 32.2 Å². The maximum Gasteiger partial charge on any atom is 0.472 e. The van der Waals surface area contributed by atoms with Gasteiger partial charge in [0, 0.05) is 6.42 Å². The highest BCUT2D eigenvalue weighted by Crippen LogP contribution is 2.44. The second kappa shape index (κ2) is 10.5. The molecule has 0 rings (SSSR count). The van der Waals surface area contributed by atoms with Crippen LogP contribution in [0.4, 0.5) is 0 Å². The van der Waals surface area contributed by atoms with Crippen LogP contribution in [0.5, 0.6) is 0 Å². The molecule has 18 heavy (non-hydrogen) atoms. The highest BCUT2D eigenvalue weighted by molar-refractivity contribution is 7.47. The minimum Gasteiger partial charge on any atom is -0.302 e. The molecular formula is C11H23Cl2O4P. The molecule has 0 saturated heterocycles. The van der Waals surface area contributed by atoms with E-state index in [1.54, 1.807) is 0 Å². The van der Waals surface area contributed by atoms with Gasteiger partial charge in [0.1, 0.15) is 4.84 Å². The summed E-state index contributed by atoms with van der Waals surface area (Å²) in [7, 11) is -3.97. The van der Waals surface area contributed by atoms with Crippen LogP contribution < -0.4 is 0 Å². The van der Waals surface area contributed by atoms with E-state index in [-0.39, 0.29) is 13.2 Å². The molecule has 2 atom stereocenters. The van der Waals surface area contributed by atoms with Crippen LogP contribution in [-0.2, 0) is 13.6 Å². The highest BCUT2D eigenvalue weighted by Gasteiger charge is 2.22. The fourth-order valence-corrected chi connectivity index (χ4v) is 2.38. The average molecular weight is 321 g/mol. The normalized spacial score (nSPS) is 16.8. The van der Waals surface area contributed by atoms with Crippen molar-refractivity contribution in [2.24, 2.45) is 5.92 Å². The molecule has 0 aliphatic carbocycles. The monoisotopic (exact) mass is 320 g/mol. The molecule has 2 unspecified atom stereocenters. The van der Waals surface area contributed by atoms with Crippen molar-refractivity contribution in [3.05, 3.63) is 0 Å². The van der Waals surface area contributed by atoms with Gasteiger partial charge in [-0.3, -0.25) is 9.05 Å². The molecule has 0 heterocycles. The Morgan fingerprint density at radius 2 is 1.89 bits per heavy atom. The van der Waals surface area contributed by atoms with E-state index >= 15 is 0 Å². The number of rotatable bonds is 11. The summed E-state index contributed by atoms with van der Waals surface area (Å²) in [5.41, 5.74) is 0. The quantitative estimate of drug-likeness (QED) is 0.449. The van der Waals surface area contributed by atoms with Crippen molar-refractivity contribution >= 4 is 31.0 Å². The van der Waals surface area contributed by atoms with Crippen molar-refractivity contribution in [3.8, 4) is 0 Å². The maximum absolute atomic E-state index is 11.5. The molecule has 0 saturated carbocycles. The van der Waals surface area contributed by atoms with Crippen LogP contribution in [0.1, 0.15) is 46.0 Å². The number of hydrogen-bond acceptors (Lipinski definition) is 3. The summed E-state index contributed by atoms with van der Waals surface area (Å²) in [6.45, 7) is 4.41. The van der Waals surface area contributed by atoms with Crippen LogP contribution in [0.2, 0.25) is 0 Å². The molecule has 0 aromatic carbocycles. The Bertz CT molecular complexity index is 251. The summed E-state index contributed by atoms with van der Waals surface area (Å²) in [6.07, 6.45) is 4.42. The maximum atomic E-state index is 11.5. The number of alkyl halides is 2. The van der Waals surface area contributed by atoms with Crippen LogP contribution in [0.25, 0.3) is 0 Å². The molecule has 0 amide bonds. The van der Waals surface area contributed by atoms with Crippen LogP contribution in [0, 0.1) is 5.92 Å². The van der Waals surface area contributed by atoms with Gasteiger partial charge in [-0.05, 0) is 12.3 Å². The molecule has 4 nitrogen and oxygen atoms in total. The lowest BCUT2D eigenvalue weighted by Gasteiger charge is -2.17. The van der Waals surface area contributed by atoms with Gasteiger partial charge in [0.25, 0.3) is 0 Å². The second-order valence-electron chi connectivity index (χ2n) is 4.19. The van der Waals surface area contributed by atoms with Gasteiger partial charge >= 0.3 is 7.82 Å². The smallest absolute Gasteiger partial charge is 0.302 e. The Morgan fingerprint density at radius 1 is 1.22 bits per heavy atom. The molecule has 0 fully saturated rings. The molecule has 110 valence electrons. The van der Waals surface area contributed by atoms with Crippen LogP contribution in [0.3, 0.4) is 0 Å². The first-order valence-corrected chi connectivity index (χ1v) is 8.68. The summed E-state index contributed by atoms with van der Waals surface area (Å²) >= 11 is 11.0. The number of halogens is 2. The predicted molar refractivity (Wildman–Crippen MR) is 75.1 cm³/mol. The topological polar surface area (TPSA) is 55.8 Å². The lowest BCUT2D eigenvalue weighted by atomic mass is 10.0. The van der Waals surface area contributed by atoms with Gasteiger partial charge in [-0.2, -0.15) is 0 Å². The molecule has 0 aliphatic heterocycles. The van der Waals surface area contributed by atoms with E-state index in [1.165, 1.54) is 0 Å². The zero-order chi connectivity index (χ0) is 14.0. The van der Waals surface area contributed by atoms with Crippen molar-refractivity contribution in [2.75, 3.05) is 13.2 Å². The summed E-state index contributed by atoms with van der Waals surface area (Å²) < 4.78 is 21.2. The molecule has 0 spiro atoms. The van der Waals surface area contributed by atoms with E-state index in [0.717, 1.165) is 25.7 Å². The average Bonchev–Trinajstić information content (AvgIpc) is 2.28. The Hall–Kier alpha value is 0.690. The Morgan fingerprint density at radius 3 is 2.39 bits per heavy atom. The highest BCUT2D eigenvalue weighted by atomic mass is 35.5. The first kappa shape index (κ1) is 18.7. The summed E-state index contributed by atoms with van der Waals surface area (Å²) in [4.78, 5) is 8.82. The number of phosphoric ester groups is 1. The summed E-state index contributed by atoms with van der Waals surface area (Å²) in [5.74, 6) is 0.294. The first-order chi connectivity index (χ1) is 8.41. The van der Waals surface area contributed by atoms with E-state index in [9.17, 15) is 9.46 Å². The largest absolute Gasteiger partial charge is 0.472 e. The molecule has 0 aliphatic rings. The van der Waals surface area contributed by atoms with E-state index in [1.807, 2.05) is 6.92 Å². The van der Waals surface area contributed by atoms with Gasteiger partial charge in [0.05, 0.1) is 13.2 Å². The van der Waals surface area contributed by atoms with Crippen LogP contribution >= 0.6 is 31.0 Å². The van der Waals surface area contributed by atoms with Crippen molar-refractivity contribution in [1.29, 1.82) is 0 Å². The second-order valence-corrected chi connectivity index (χ2v) is 6.92. The fourth-order valence-electron chi connectivity index (χ4n) is 1.39. The fraction of sp³-hybridized carbons (Fsp3) is 1.00. The van der Waals surface area contributed by atoms with E-state index in [0.29, 0.717) is 12.3 Å². The Balaban J connectivity index is 3.88. The lowest BCUT2D eigenvalue weighted by Crippen LogP contribution is -2.09.